The number of nitrogens with zero attached hydrogens (tertiary/aromatic N) is 2. The first-order valence-corrected chi connectivity index (χ1v) is 6.81. The molecule has 1 heterocycles. The van der Waals surface area contributed by atoms with Gasteiger partial charge in [-0.25, -0.2) is 4.98 Å². The molecule has 16 heavy (non-hydrogen) atoms. The average molecular weight is 239 g/mol. The molecule has 1 aliphatic rings. The standard InChI is InChI=1S/C12H21N3S/c1-9(10-4-5-10)6-13-7-11-8-14-12(16-11)15(2)3/h8-10,13H,4-7H2,1-3H3. The van der Waals surface area contributed by atoms with Crippen molar-refractivity contribution in [3.63, 3.8) is 0 Å². The zero-order valence-electron chi connectivity index (χ0n) is 10.4. The number of nitrogens with one attached hydrogen (secondary N) is 1. The second kappa shape index (κ2) is 5.15. The van der Waals surface area contributed by atoms with E-state index in [1.165, 1.54) is 17.7 Å². The van der Waals surface area contributed by atoms with Crippen molar-refractivity contribution in [3.8, 4) is 0 Å². The van der Waals surface area contributed by atoms with Crippen molar-refractivity contribution in [1.82, 2.24) is 10.3 Å². The molecule has 90 valence electrons. The van der Waals surface area contributed by atoms with Crippen molar-refractivity contribution in [2.24, 2.45) is 11.8 Å². The third-order valence-electron chi connectivity index (χ3n) is 3.12. The van der Waals surface area contributed by atoms with Gasteiger partial charge in [0.05, 0.1) is 0 Å². The van der Waals surface area contributed by atoms with E-state index in [9.17, 15) is 0 Å². The van der Waals surface area contributed by atoms with Crippen molar-refractivity contribution in [1.29, 1.82) is 0 Å². The molecule has 1 aromatic heterocycles. The predicted octanol–water partition coefficient (Wildman–Crippen LogP) is 2.34. The maximum absolute atomic E-state index is 4.37. The van der Waals surface area contributed by atoms with Gasteiger partial charge in [0.15, 0.2) is 5.13 Å². The van der Waals surface area contributed by atoms with Gasteiger partial charge < -0.3 is 10.2 Å². The summed E-state index contributed by atoms with van der Waals surface area (Å²) < 4.78 is 0. The van der Waals surface area contributed by atoms with E-state index in [-0.39, 0.29) is 0 Å². The fourth-order valence-corrected chi connectivity index (χ4v) is 2.64. The fourth-order valence-electron chi connectivity index (χ4n) is 1.84. The van der Waals surface area contributed by atoms with Gasteiger partial charge in [-0.15, -0.1) is 11.3 Å². The summed E-state index contributed by atoms with van der Waals surface area (Å²) in [5.74, 6) is 1.83. The Morgan fingerprint density at radius 2 is 2.31 bits per heavy atom. The Morgan fingerprint density at radius 1 is 1.56 bits per heavy atom. The zero-order valence-corrected chi connectivity index (χ0v) is 11.2. The molecule has 1 N–H and O–H groups in total. The van der Waals surface area contributed by atoms with Gasteiger partial charge in [0.25, 0.3) is 0 Å². The van der Waals surface area contributed by atoms with Crippen molar-refractivity contribution in [2.75, 3.05) is 25.5 Å². The van der Waals surface area contributed by atoms with Crippen LogP contribution in [-0.4, -0.2) is 25.6 Å². The van der Waals surface area contributed by atoms with Crippen LogP contribution in [0.1, 0.15) is 24.6 Å². The minimum atomic E-state index is 0.834. The maximum atomic E-state index is 4.37. The lowest BCUT2D eigenvalue weighted by molar-refractivity contribution is 0.462. The number of hydrogen-bond acceptors (Lipinski definition) is 4. The Hall–Kier alpha value is -0.610. The quantitative estimate of drug-likeness (QED) is 0.826. The lowest BCUT2D eigenvalue weighted by Crippen LogP contribution is -2.21. The first-order chi connectivity index (χ1) is 7.66. The molecule has 3 nitrogen and oxygen atoms in total. The molecule has 0 spiro atoms. The van der Waals surface area contributed by atoms with E-state index in [4.69, 9.17) is 0 Å². The molecular formula is C12H21N3S. The summed E-state index contributed by atoms with van der Waals surface area (Å²) in [4.78, 5) is 7.75. The second-order valence-electron chi connectivity index (χ2n) is 4.95. The zero-order chi connectivity index (χ0) is 11.5. The normalized spacial score (nSPS) is 17.4. The van der Waals surface area contributed by atoms with E-state index in [0.29, 0.717) is 0 Å². The monoisotopic (exact) mass is 239 g/mol. The van der Waals surface area contributed by atoms with Crippen LogP contribution in [0.25, 0.3) is 0 Å². The third kappa shape index (κ3) is 3.19. The van der Waals surface area contributed by atoms with E-state index < -0.39 is 0 Å². The first kappa shape index (κ1) is 11.9. The minimum Gasteiger partial charge on any atom is -0.354 e. The summed E-state index contributed by atoms with van der Waals surface area (Å²) in [6.07, 6.45) is 4.86. The molecule has 0 aromatic carbocycles. The van der Waals surface area contributed by atoms with Crippen LogP contribution in [0, 0.1) is 11.8 Å². The molecular weight excluding hydrogens is 218 g/mol. The SMILES string of the molecule is CC(CNCc1cnc(N(C)C)s1)C1CC1. The van der Waals surface area contributed by atoms with Crippen LogP contribution in [0.4, 0.5) is 5.13 Å². The highest BCUT2D eigenvalue weighted by Gasteiger charge is 2.27. The van der Waals surface area contributed by atoms with Crippen molar-refractivity contribution >= 4 is 16.5 Å². The molecule has 1 fully saturated rings. The smallest absolute Gasteiger partial charge is 0.185 e. The predicted molar refractivity (Wildman–Crippen MR) is 70.0 cm³/mol. The molecule has 1 saturated carbocycles. The Morgan fingerprint density at radius 3 is 2.88 bits per heavy atom. The number of aromatic nitrogens is 1. The van der Waals surface area contributed by atoms with Gasteiger partial charge in [0, 0.05) is 31.7 Å². The summed E-state index contributed by atoms with van der Waals surface area (Å²) in [5.41, 5.74) is 0. The fraction of sp³-hybridized carbons (Fsp3) is 0.750. The van der Waals surface area contributed by atoms with E-state index >= 15 is 0 Å². The molecule has 2 rings (SSSR count). The summed E-state index contributed by atoms with van der Waals surface area (Å²) in [7, 11) is 4.07. The van der Waals surface area contributed by atoms with Crippen LogP contribution in [-0.2, 0) is 6.54 Å². The van der Waals surface area contributed by atoms with Gasteiger partial charge >= 0.3 is 0 Å². The van der Waals surface area contributed by atoms with E-state index in [1.807, 2.05) is 20.3 Å². The van der Waals surface area contributed by atoms with Crippen LogP contribution in [0.2, 0.25) is 0 Å². The Balaban J connectivity index is 1.71. The first-order valence-electron chi connectivity index (χ1n) is 5.99. The average Bonchev–Trinajstić information content (AvgIpc) is 2.98. The van der Waals surface area contributed by atoms with Gasteiger partial charge in [-0.1, -0.05) is 6.92 Å². The molecule has 0 bridgehead atoms. The number of thiazole rings is 1. The number of anilines is 1. The van der Waals surface area contributed by atoms with Crippen LogP contribution in [0.15, 0.2) is 6.20 Å². The summed E-state index contributed by atoms with van der Waals surface area (Å²) in [6.45, 7) is 4.45. The summed E-state index contributed by atoms with van der Waals surface area (Å²) >= 11 is 1.77. The second-order valence-corrected chi connectivity index (χ2v) is 6.04. The summed E-state index contributed by atoms with van der Waals surface area (Å²) in [6, 6.07) is 0. The number of rotatable bonds is 6. The molecule has 0 amide bonds. The van der Waals surface area contributed by atoms with Crippen LogP contribution < -0.4 is 10.2 Å². The molecule has 0 radical (unpaired) electrons. The van der Waals surface area contributed by atoms with E-state index in [0.717, 1.165) is 30.1 Å². The molecule has 1 aliphatic carbocycles. The molecule has 1 unspecified atom stereocenters. The van der Waals surface area contributed by atoms with Crippen molar-refractivity contribution < 1.29 is 0 Å². The topological polar surface area (TPSA) is 28.2 Å². The maximum Gasteiger partial charge on any atom is 0.185 e. The summed E-state index contributed by atoms with van der Waals surface area (Å²) in [5, 5.41) is 4.62. The van der Waals surface area contributed by atoms with Gasteiger partial charge in [0.2, 0.25) is 0 Å². The molecule has 0 aliphatic heterocycles. The molecule has 4 heteroatoms. The van der Waals surface area contributed by atoms with Crippen molar-refractivity contribution in [2.45, 2.75) is 26.3 Å². The van der Waals surface area contributed by atoms with Gasteiger partial charge in [-0.3, -0.25) is 0 Å². The highest BCUT2D eigenvalue weighted by Crippen LogP contribution is 2.36. The molecule has 1 aromatic rings. The minimum absolute atomic E-state index is 0.834. The Bertz CT molecular complexity index is 331. The largest absolute Gasteiger partial charge is 0.354 e. The van der Waals surface area contributed by atoms with Crippen LogP contribution >= 0.6 is 11.3 Å². The highest BCUT2D eigenvalue weighted by atomic mass is 32.1. The van der Waals surface area contributed by atoms with Gasteiger partial charge in [0.1, 0.15) is 0 Å². The third-order valence-corrected chi connectivity index (χ3v) is 4.28. The van der Waals surface area contributed by atoms with Gasteiger partial charge in [-0.05, 0) is 31.2 Å². The van der Waals surface area contributed by atoms with E-state index in [2.05, 4.69) is 22.1 Å². The molecule has 0 saturated heterocycles. The van der Waals surface area contributed by atoms with Crippen LogP contribution in [0.5, 0.6) is 0 Å². The van der Waals surface area contributed by atoms with Crippen LogP contribution in [0.3, 0.4) is 0 Å². The highest BCUT2D eigenvalue weighted by molar-refractivity contribution is 7.15. The van der Waals surface area contributed by atoms with E-state index in [1.54, 1.807) is 11.3 Å². The Kier molecular flexibility index (Phi) is 3.82. The Labute approximate surface area is 102 Å². The molecule has 1 atom stereocenters. The van der Waals surface area contributed by atoms with Gasteiger partial charge in [-0.2, -0.15) is 0 Å². The van der Waals surface area contributed by atoms with Crippen molar-refractivity contribution in [3.05, 3.63) is 11.1 Å². The number of hydrogen-bond donors (Lipinski definition) is 1. The lowest BCUT2D eigenvalue weighted by atomic mass is 10.1. The lowest BCUT2D eigenvalue weighted by Gasteiger charge is -2.10.